The van der Waals surface area contributed by atoms with E-state index in [1.54, 1.807) is 0 Å². The van der Waals surface area contributed by atoms with Gasteiger partial charge in [-0.05, 0) is 44.2 Å². The number of ether oxygens (including phenoxy) is 2. The largest absolute Gasteiger partial charge is 0.469 e. The lowest BCUT2D eigenvalue weighted by molar-refractivity contribution is -0.141. The van der Waals surface area contributed by atoms with Crippen LogP contribution in [0.3, 0.4) is 0 Å². The number of esters is 2. The van der Waals surface area contributed by atoms with Gasteiger partial charge in [0, 0.05) is 25.7 Å². The fourth-order valence-electron chi connectivity index (χ4n) is 2.35. The molecule has 1 rings (SSSR count). The maximum Gasteiger partial charge on any atom is 0.305 e. The number of hydrogen-bond donors (Lipinski definition) is 0. The van der Waals surface area contributed by atoms with Crippen molar-refractivity contribution in [1.29, 1.82) is 0 Å². The molecule has 0 aliphatic rings. The molecule has 22 heavy (non-hydrogen) atoms. The summed E-state index contributed by atoms with van der Waals surface area (Å²) in [7, 11) is 2.81. The SMILES string of the molecule is COC(=O)CCCCc1oc(CCCC(=O)OC)c(C)c1C. The van der Waals surface area contributed by atoms with Crippen LogP contribution in [0.4, 0.5) is 0 Å². The summed E-state index contributed by atoms with van der Waals surface area (Å²) < 4.78 is 15.2. The summed E-state index contributed by atoms with van der Waals surface area (Å²) in [5.41, 5.74) is 2.33. The van der Waals surface area contributed by atoms with Crippen molar-refractivity contribution in [1.82, 2.24) is 0 Å². The lowest BCUT2D eigenvalue weighted by Crippen LogP contribution is -2.00. The molecule has 5 nitrogen and oxygen atoms in total. The highest BCUT2D eigenvalue weighted by molar-refractivity contribution is 5.69. The lowest BCUT2D eigenvalue weighted by atomic mass is 10.1. The maximum atomic E-state index is 11.1. The average molecular weight is 310 g/mol. The Kier molecular flexibility index (Phi) is 7.71. The van der Waals surface area contributed by atoms with Gasteiger partial charge in [-0.15, -0.1) is 0 Å². The van der Waals surface area contributed by atoms with Crippen LogP contribution in [-0.2, 0) is 31.9 Å². The number of carbonyl (C=O) groups is 2. The first-order valence-corrected chi connectivity index (χ1v) is 7.71. The highest BCUT2D eigenvalue weighted by Crippen LogP contribution is 2.24. The predicted octanol–water partition coefficient (Wildman–Crippen LogP) is 3.28. The summed E-state index contributed by atoms with van der Waals surface area (Å²) in [5, 5.41) is 0. The van der Waals surface area contributed by atoms with Crippen molar-refractivity contribution < 1.29 is 23.5 Å². The van der Waals surface area contributed by atoms with E-state index in [9.17, 15) is 9.59 Å². The third kappa shape index (κ3) is 5.54. The molecule has 0 atom stereocenters. The van der Waals surface area contributed by atoms with E-state index in [1.165, 1.54) is 19.8 Å². The van der Waals surface area contributed by atoms with Crippen LogP contribution in [0.5, 0.6) is 0 Å². The smallest absolute Gasteiger partial charge is 0.305 e. The van der Waals surface area contributed by atoms with E-state index in [2.05, 4.69) is 16.4 Å². The van der Waals surface area contributed by atoms with Crippen LogP contribution in [0.1, 0.15) is 54.8 Å². The first-order valence-electron chi connectivity index (χ1n) is 7.71. The highest BCUT2D eigenvalue weighted by Gasteiger charge is 2.14. The lowest BCUT2D eigenvalue weighted by Gasteiger charge is -2.00. The number of unbranched alkanes of at least 4 members (excludes halogenated alkanes) is 1. The predicted molar refractivity (Wildman–Crippen MR) is 82.7 cm³/mol. The van der Waals surface area contributed by atoms with E-state index in [-0.39, 0.29) is 11.9 Å². The zero-order valence-electron chi connectivity index (χ0n) is 14.0. The first-order chi connectivity index (χ1) is 10.5. The van der Waals surface area contributed by atoms with Gasteiger partial charge in [0.15, 0.2) is 0 Å². The molecule has 1 heterocycles. The molecule has 0 radical (unpaired) electrons. The Hall–Kier alpha value is -1.78. The van der Waals surface area contributed by atoms with Crippen LogP contribution in [0.15, 0.2) is 4.42 Å². The van der Waals surface area contributed by atoms with Crippen LogP contribution in [0.25, 0.3) is 0 Å². The van der Waals surface area contributed by atoms with Gasteiger partial charge in [0.25, 0.3) is 0 Å². The Labute approximate surface area is 132 Å². The zero-order valence-corrected chi connectivity index (χ0v) is 14.0. The fourth-order valence-corrected chi connectivity index (χ4v) is 2.35. The normalized spacial score (nSPS) is 10.5. The quantitative estimate of drug-likeness (QED) is 0.517. The summed E-state index contributed by atoms with van der Waals surface area (Å²) in [6.07, 6.45) is 4.83. The second-order valence-electron chi connectivity index (χ2n) is 5.41. The Morgan fingerprint density at radius 3 is 1.77 bits per heavy atom. The minimum atomic E-state index is -0.191. The number of methoxy groups -OCH3 is 2. The molecule has 0 spiro atoms. The zero-order chi connectivity index (χ0) is 16.5. The average Bonchev–Trinajstić information content (AvgIpc) is 2.79. The molecular weight excluding hydrogens is 284 g/mol. The molecular formula is C17H26O5. The molecule has 0 aliphatic carbocycles. The van der Waals surface area contributed by atoms with E-state index in [0.717, 1.165) is 49.2 Å². The molecule has 1 aromatic heterocycles. The standard InChI is InChI=1S/C17H26O5/c1-12-13(2)15(9-7-11-17(19)21-4)22-14(12)8-5-6-10-16(18)20-3/h5-11H2,1-4H3. The van der Waals surface area contributed by atoms with Gasteiger partial charge in [-0.3, -0.25) is 9.59 Å². The minimum Gasteiger partial charge on any atom is -0.469 e. The second kappa shape index (κ2) is 9.28. The molecule has 5 heteroatoms. The summed E-state index contributed by atoms with van der Waals surface area (Å²) in [4.78, 5) is 22.2. The van der Waals surface area contributed by atoms with Crippen molar-refractivity contribution in [2.45, 2.75) is 58.8 Å². The first kappa shape index (κ1) is 18.3. The summed E-state index contributed by atoms with van der Waals surface area (Å²) in [5.74, 6) is 1.57. The number of rotatable bonds is 9. The minimum absolute atomic E-state index is 0.171. The van der Waals surface area contributed by atoms with E-state index >= 15 is 0 Å². The maximum absolute atomic E-state index is 11.1. The van der Waals surface area contributed by atoms with E-state index in [4.69, 9.17) is 4.42 Å². The molecule has 0 saturated carbocycles. The molecule has 0 saturated heterocycles. The number of hydrogen-bond acceptors (Lipinski definition) is 5. The van der Waals surface area contributed by atoms with Crippen molar-refractivity contribution in [2.75, 3.05) is 14.2 Å². The monoisotopic (exact) mass is 310 g/mol. The van der Waals surface area contributed by atoms with Crippen LogP contribution in [0, 0.1) is 13.8 Å². The summed E-state index contributed by atoms with van der Waals surface area (Å²) in [6, 6.07) is 0. The Morgan fingerprint density at radius 1 is 0.818 bits per heavy atom. The van der Waals surface area contributed by atoms with Gasteiger partial charge in [0.2, 0.25) is 0 Å². The summed E-state index contributed by atoms with van der Waals surface area (Å²) >= 11 is 0. The van der Waals surface area contributed by atoms with Crippen LogP contribution >= 0.6 is 0 Å². The van der Waals surface area contributed by atoms with Gasteiger partial charge in [-0.1, -0.05) is 0 Å². The van der Waals surface area contributed by atoms with Crippen molar-refractivity contribution in [3.05, 3.63) is 22.6 Å². The Bertz CT molecular complexity index is 501. The Morgan fingerprint density at radius 2 is 1.27 bits per heavy atom. The molecule has 0 unspecified atom stereocenters. The van der Waals surface area contributed by atoms with E-state index in [1.807, 2.05) is 6.92 Å². The Balaban J connectivity index is 2.46. The van der Waals surface area contributed by atoms with Crippen molar-refractivity contribution in [2.24, 2.45) is 0 Å². The van der Waals surface area contributed by atoms with Crippen molar-refractivity contribution in [3.63, 3.8) is 0 Å². The van der Waals surface area contributed by atoms with E-state index in [0.29, 0.717) is 12.8 Å². The second-order valence-corrected chi connectivity index (χ2v) is 5.41. The van der Waals surface area contributed by atoms with Gasteiger partial charge >= 0.3 is 11.9 Å². The topological polar surface area (TPSA) is 65.7 Å². The molecule has 124 valence electrons. The van der Waals surface area contributed by atoms with Crippen molar-refractivity contribution in [3.8, 4) is 0 Å². The number of carbonyl (C=O) groups excluding carboxylic acids is 2. The molecule has 0 amide bonds. The molecule has 0 aliphatic heterocycles. The molecule has 0 N–H and O–H groups in total. The van der Waals surface area contributed by atoms with Crippen LogP contribution < -0.4 is 0 Å². The fraction of sp³-hybridized carbons (Fsp3) is 0.647. The van der Waals surface area contributed by atoms with Gasteiger partial charge in [-0.25, -0.2) is 0 Å². The van der Waals surface area contributed by atoms with Gasteiger partial charge in [0.05, 0.1) is 14.2 Å². The highest BCUT2D eigenvalue weighted by atomic mass is 16.5. The van der Waals surface area contributed by atoms with Gasteiger partial charge in [0.1, 0.15) is 11.5 Å². The van der Waals surface area contributed by atoms with Crippen LogP contribution in [0.2, 0.25) is 0 Å². The van der Waals surface area contributed by atoms with E-state index < -0.39 is 0 Å². The third-order valence-corrected chi connectivity index (χ3v) is 3.92. The van der Waals surface area contributed by atoms with Gasteiger partial charge < -0.3 is 13.9 Å². The summed E-state index contributed by atoms with van der Waals surface area (Å²) in [6.45, 7) is 4.10. The molecule has 0 fully saturated rings. The number of furan rings is 1. The number of aryl methyl sites for hydroxylation is 2. The molecule has 1 aromatic rings. The molecule has 0 aromatic carbocycles. The van der Waals surface area contributed by atoms with Crippen molar-refractivity contribution >= 4 is 11.9 Å². The van der Waals surface area contributed by atoms with Gasteiger partial charge in [-0.2, -0.15) is 0 Å². The molecule has 0 bridgehead atoms. The van der Waals surface area contributed by atoms with Crippen LogP contribution in [-0.4, -0.2) is 26.2 Å². The third-order valence-electron chi connectivity index (χ3n) is 3.92.